The van der Waals surface area contributed by atoms with Gasteiger partial charge < -0.3 is 10.6 Å². The predicted octanol–water partition coefficient (Wildman–Crippen LogP) is 1.66. The van der Waals surface area contributed by atoms with Crippen molar-refractivity contribution in [1.82, 2.24) is 9.97 Å². The van der Waals surface area contributed by atoms with Crippen LogP contribution in [0.3, 0.4) is 0 Å². The minimum absolute atomic E-state index is 0.110. The first-order valence-corrected chi connectivity index (χ1v) is 5.95. The number of nitrogens with two attached hydrogens (primary N) is 1. The molecule has 18 heavy (non-hydrogen) atoms. The zero-order chi connectivity index (χ0) is 13.7. The van der Waals surface area contributed by atoms with Gasteiger partial charge in [0.1, 0.15) is 6.33 Å². The number of aromatic nitrogens is 2. The van der Waals surface area contributed by atoms with Crippen LogP contribution in [-0.4, -0.2) is 34.6 Å². The van der Waals surface area contributed by atoms with Crippen LogP contribution in [-0.2, 0) is 4.84 Å². The van der Waals surface area contributed by atoms with Crippen molar-refractivity contribution in [3.05, 3.63) is 11.2 Å². The average Bonchev–Trinajstić information content (AvgIpc) is 2.38. The molecule has 1 unspecified atom stereocenters. The van der Waals surface area contributed by atoms with Gasteiger partial charge in [-0.1, -0.05) is 6.92 Å². The topological polar surface area (TPSA) is 84.4 Å². The zero-order valence-electron chi connectivity index (χ0n) is 11.3. The Morgan fingerprint density at radius 2 is 2.17 bits per heavy atom. The normalized spacial score (nSPS) is 12.0. The van der Waals surface area contributed by atoms with E-state index in [2.05, 4.69) is 28.7 Å². The van der Waals surface area contributed by atoms with E-state index in [1.807, 2.05) is 11.8 Å². The molecule has 0 saturated heterocycles. The van der Waals surface area contributed by atoms with Crippen LogP contribution in [0.1, 0.15) is 27.2 Å². The summed E-state index contributed by atoms with van der Waals surface area (Å²) in [5.74, 6) is 0.606. The Morgan fingerprint density at radius 1 is 1.50 bits per heavy atom. The number of hydrogen-bond donors (Lipinski definition) is 1. The summed E-state index contributed by atoms with van der Waals surface area (Å²) in [6, 6.07) is 0.244. The molecule has 0 aliphatic rings. The third kappa shape index (κ3) is 2.66. The van der Waals surface area contributed by atoms with Crippen molar-refractivity contribution in [3.63, 3.8) is 0 Å². The van der Waals surface area contributed by atoms with Crippen molar-refractivity contribution in [2.45, 2.75) is 33.2 Å². The van der Waals surface area contributed by atoms with Gasteiger partial charge >= 0.3 is 5.69 Å². The third-order valence-electron chi connectivity index (χ3n) is 2.92. The van der Waals surface area contributed by atoms with Gasteiger partial charge in [0.25, 0.3) is 4.92 Å². The van der Waals surface area contributed by atoms with Crippen LogP contribution in [0.25, 0.3) is 0 Å². The fraction of sp³-hybridized carbons (Fsp3) is 0.636. The minimum Gasteiger partial charge on any atom is -0.378 e. The number of rotatable bonds is 6. The lowest BCUT2D eigenvalue weighted by Crippen LogP contribution is -2.34. The maximum absolute atomic E-state index is 11.7. The molecule has 0 spiro atoms. The summed E-state index contributed by atoms with van der Waals surface area (Å²) >= 11 is 0. The lowest BCUT2D eigenvalue weighted by molar-refractivity contribution is -0.735. The van der Waals surface area contributed by atoms with Gasteiger partial charge in [-0.15, -0.1) is 0 Å². The summed E-state index contributed by atoms with van der Waals surface area (Å²) in [4.78, 5) is 26.7. The molecule has 0 amide bonds. The number of nitrogen functional groups attached to an aromatic ring is 1. The van der Waals surface area contributed by atoms with E-state index in [9.17, 15) is 4.91 Å². The van der Waals surface area contributed by atoms with E-state index in [0.717, 1.165) is 13.0 Å². The molecule has 7 heteroatoms. The quantitative estimate of drug-likeness (QED) is 0.777. The van der Waals surface area contributed by atoms with Crippen molar-refractivity contribution in [3.8, 4) is 0 Å². The van der Waals surface area contributed by atoms with E-state index < -0.39 is 0 Å². The van der Waals surface area contributed by atoms with Crippen LogP contribution < -0.4 is 10.6 Å². The van der Waals surface area contributed by atoms with Gasteiger partial charge in [0, 0.05) is 12.6 Å². The summed E-state index contributed by atoms with van der Waals surface area (Å²) in [5.41, 5.74) is 5.89. The first-order valence-electron chi connectivity index (χ1n) is 5.95. The van der Waals surface area contributed by atoms with Crippen molar-refractivity contribution in [1.29, 1.82) is 0 Å². The molecule has 1 aromatic rings. The zero-order valence-corrected chi connectivity index (χ0v) is 11.3. The molecule has 0 fully saturated rings. The Balaban J connectivity index is 3.30. The Kier molecular flexibility index (Phi) is 4.82. The Bertz CT molecular complexity index is 424. The highest BCUT2D eigenvalue weighted by Crippen LogP contribution is 2.31. The molecule has 0 bridgehead atoms. The van der Waals surface area contributed by atoms with Crippen LogP contribution in [0.4, 0.5) is 17.3 Å². The monoisotopic (exact) mass is 254 g/mol. The van der Waals surface area contributed by atoms with Gasteiger partial charge in [0.15, 0.2) is 7.11 Å². The summed E-state index contributed by atoms with van der Waals surface area (Å²) < 4.78 is 0. The number of anilines is 2. The van der Waals surface area contributed by atoms with Crippen molar-refractivity contribution in [2.75, 3.05) is 24.3 Å². The van der Waals surface area contributed by atoms with E-state index >= 15 is 0 Å². The Hall–Kier alpha value is -1.92. The van der Waals surface area contributed by atoms with E-state index in [1.54, 1.807) is 0 Å². The smallest absolute Gasteiger partial charge is 0.378 e. The van der Waals surface area contributed by atoms with Gasteiger partial charge in [0.2, 0.25) is 11.6 Å². The SMILES string of the molecule is CCC(C)N(CC)c1ncnc(N)c1[N+](=O)OC. The molecule has 100 valence electrons. The third-order valence-corrected chi connectivity index (χ3v) is 2.92. The summed E-state index contributed by atoms with van der Waals surface area (Å²) in [6.45, 7) is 6.85. The highest BCUT2D eigenvalue weighted by molar-refractivity contribution is 5.68. The lowest BCUT2D eigenvalue weighted by atomic mass is 10.2. The fourth-order valence-corrected chi connectivity index (χ4v) is 1.75. The van der Waals surface area contributed by atoms with Crippen LogP contribution in [0, 0.1) is 4.91 Å². The van der Waals surface area contributed by atoms with Crippen molar-refractivity contribution in [2.24, 2.45) is 0 Å². The van der Waals surface area contributed by atoms with Gasteiger partial charge in [-0.25, -0.2) is 14.8 Å². The Labute approximate surface area is 106 Å². The molecule has 2 N–H and O–H groups in total. The van der Waals surface area contributed by atoms with Gasteiger partial charge in [0.05, 0.1) is 4.91 Å². The van der Waals surface area contributed by atoms with E-state index in [0.29, 0.717) is 10.7 Å². The second-order valence-corrected chi connectivity index (χ2v) is 3.91. The molecule has 7 nitrogen and oxygen atoms in total. The molecule has 1 aromatic heterocycles. The van der Waals surface area contributed by atoms with Crippen LogP contribution in [0.15, 0.2) is 6.33 Å². The second-order valence-electron chi connectivity index (χ2n) is 3.91. The largest absolute Gasteiger partial charge is 0.400 e. The predicted molar refractivity (Wildman–Crippen MR) is 69.5 cm³/mol. The van der Waals surface area contributed by atoms with Gasteiger partial charge in [-0.2, -0.15) is 0 Å². The molecular weight excluding hydrogens is 234 g/mol. The highest BCUT2D eigenvalue weighted by Gasteiger charge is 2.31. The maximum Gasteiger partial charge on any atom is 0.400 e. The molecule has 0 aliphatic carbocycles. The van der Waals surface area contributed by atoms with Crippen molar-refractivity contribution >= 4 is 17.3 Å². The molecule has 0 saturated carbocycles. The van der Waals surface area contributed by atoms with Crippen LogP contribution in [0.5, 0.6) is 0 Å². The Morgan fingerprint density at radius 3 is 2.67 bits per heavy atom. The lowest BCUT2D eigenvalue weighted by Gasteiger charge is -2.27. The minimum atomic E-state index is 0.110. The maximum atomic E-state index is 11.7. The average molecular weight is 254 g/mol. The van der Waals surface area contributed by atoms with E-state index in [4.69, 9.17) is 5.73 Å². The van der Waals surface area contributed by atoms with Crippen LogP contribution in [0.2, 0.25) is 0 Å². The number of hydrogen-bond acceptors (Lipinski definition) is 6. The highest BCUT2D eigenvalue weighted by atomic mass is 16.8. The molecule has 1 heterocycles. The number of nitrogens with zero attached hydrogens (tertiary/aromatic N) is 4. The summed E-state index contributed by atoms with van der Waals surface area (Å²) in [7, 11) is 1.28. The molecule has 0 radical (unpaired) electrons. The molecular formula is C11H20N5O2+. The first kappa shape index (κ1) is 14.1. The van der Waals surface area contributed by atoms with E-state index in [-0.39, 0.29) is 17.5 Å². The summed E-state index contributed by atoms with van der Waals surface area (Å²) in [6.07, 6.45) is 2.28. The van der Waals surface area contributed by atoms with Crippen LogP contribution >= 0.6 is 0 Å². The molecule has 1 rings (SSSR count). The standard InChI is InChI=1S/C11H20N5O2/c1-5-8(3)15(6-2)11-9(16(17)18-4)10(12)13-7-14-11/h7-8H,5-6H2,1-4H3,(H2,12,13,14)/q+1. The van der Waals surface area contributed by atoms with Crippen molar-refractivity contribution < 1.29 is 9.76 Å². The van der Waals surface area contributed by atoms with Gasteiger partial charge in [-0.3, -0.25) is 0 Å². The fourth-order valence-electron chi connectivity index (χ4n) is 1.75. The van der Waals surface area contributed by atoms with Gasteiger partial charge in [-0.05, 0) is 20.3 Å². The second kappa shape index (κ2) is 6.13. The molecule has 1 atom stereocenters. The molecule has 0 aliphatic heterocycles. The summed E-state index contributed by atoms with van der Waals surface area (Å²) in [5, 5.41) is 0. The first-order chi connectivity index (χ1) is 8.56. The van der Waals surface area contributed by atoms with E-state index in [1.165, 1.54) is 13.4 Å². The molecule has 0 aromatic carbocycles.